The number of halogens is 1. The van der Waals surface area contributed by atoms with Crippen molar-refractivity contribution in [3.8, 4) is 0 Å². The molecule has 0 unspecified atom stereocenters. The summed E-state index contributed by atoms with van der Waals surface area (Å²) in [7, 11) is 1.78. The Morgan fingerprint density at radius 2 is 1.95 bits per heavy atom. The molecule has 0 saturated carbocycles. The fraction of sp³-hybridized carbons (Fsp3) is 0.750. The average Bonchev–Trinajstić information content (AvgIpc) is 3.18. The summed E-state index contributed by atoms with van der Waals surface area (Å²) >= 11 is 6.29. The molecule has 2 atom stereocenters. The summed E-state index contributed by atoms with van der Waals surface area (Å²) in [4.78, 5) is 17.6. The molecular formula is C16H25ClN4O. The van der Waals surface area contributed by atoms with Gasteiger partial charge in [0.25, 0.3) is 5.91 Å². The molecule has 3 heterocycles. The zero-order chi connectivity index (χ0) is 15.9. The van der Waals surface area contributed by atoms with Gasteiger partial charge in [-0.3, -0.25) is 14.4 Å². The standard InChI is InChI=1S/C16H25ClN4O/c1-4-20-9-5-7-12(20)13-8-6-10-21(13)16(22)14-11(2)18-19(3)15(14)17/h12-13H,4-10H2,1-3H3/t12-,13-/m0/s1. The first-order chi connectivity index (χ1) is 10.5. The number of likely N-dealkylation sites (N-methyl/N-ethyl adjacent to an activating group) is 1. The van der Waals surface area contributed by atoms with E-state index in [1.54, 1.807) is 11.7 Å². The normalized spacial score (nSPS) is 26.1. The van der Waals surface area contributed by atoms with Crippen LogP contribution in [0.5, 0.6) is 0 Å². The van der Waals surface area contributed by atoms with Gasteiger partial charge >= 0.3 is 0 Å². The second-order valence-electron chi connectivity index (χ2n) is 6.42. The van der Waals surface area contributed by atoms with Crippen LogP contribution in [0, 0.1) is 6.92 Å². The molecule has 5 nitrogen and oxygen atoms in total. The van der Waals surface area contributed by atoms with Gasteiger partial charge in [-0.05, 0) is 45.7 Å². The van der Waals surface area contributed by atoms with E-state index >= 15 is 0 Å². The van der Waals surface area contributed by atoms with Gasteiger partial charge in [0.05, 0.1) is 11.3 Å². The molecule has 1 aromatic rings. The third kappa shape index (κ3) is 2.54. The molecule has 2 aliphatic heterocycles. The number of carbonyl (C=O) groups is 1. The van der Waals surface area contributed by atoms with Crippen LogP contribution in [0.4, 0.5) is 0 Å². The van der Waals surface area contributed by atoms with Gasteiger partial charge in [0, 0.05) is 25.7 Å². The minimum absolute atomic E-state index is 0.0565. The Morgan fingerprint density at radius 1 is 1.27 bits per heavy atom. The lowest BCUT2D eigenvalue weighted by Gasteiger charge is -2.34. The topological polar surface area (TPSA) is 41.4 Å². The minimum atomic E-state index is 0.0565. The molecule has 2 saturated heterocycles. The zero-order valence-electron chi connectivity index (χ0n) is 13.7. The second kappa shape index (κ2) is 6.20. The van der Waals surface area contributed by atoms with E-state index in [0.717, 1.165) is 38.2 Å². The maximum absolute atomic E-state index is 13.0. The molecular weight excluding hydrogens is 300 g/mol. The van der Waals surface area contributed by atoms with Crippen molar-refractivity contribution in [1.29, 1.82) is 0 Å². The Kier molecular flexibility index (Phi) is 4.46. The first-order valence-electron chi connectivity index (χ1n) is 8.28. The number of carbonyl (C=O) groups excluding carboxylic acids is 1. The smallest absolute Gasteiger partial charge is 0.259 e. The average molecular weight is 325 g/mol. The minimum Gasteiger partial charge on any atom is -0.334 e. The van der Waals surface area contributed by atoms with Crippen molar-refractivity contribution in [2.24, 2.45) is 7.05 Å². The largest absolute Gasteiger partial charge is 0.334 e. The third-order valence-electron chi connectivity index (χ3n) is 5.19. The molecule has 2 aliphatic rings. The van der Waals surface area contributed by atoms with Crippen LogP contribution in [0.2, 0.25) is 5.15 Å². The van der Waals surface area contributed by atoms with Crippen LogP contribution in [0.1, 0.15) is 48.7 Å². The molecule has 0 bridgehead atoms. The van der Waals surface area contributed by atoms with E-state index in [9.17, 15) is 4.79 Å². The van der Waals surface area contributed by atoms with E-state index in [0.29, 0.717) is 22.8 Å². The molecule has 0 N–H and O–H groups in total. The van der Waals surface area contributed by atoms with Gasteiger partial charge in [0.1, 0.15) is 5.15 Å². The molecule has 6 heteroatoms. The van der Waals surface area contributed by atoms with Gasteiger partial charge in [-0.15, -0.1) is 0 Å². The van der Waals surface area contributed by atoms with E-state index < -0.39 is 0 Å². The summed E-state index contributed by atoms with van der Waals surface area (Å²) in [5, 5.41) is 4.73. The van der Waals surface area contributed by atoms with Crippen molar-refractivity contribution >= 4 is 17.5 Å². The summed E-state index contributed by atoms with van der Waals surface area (Å²) in [5.41, 5.74) is 1.30. The number of rotatable bonds is 3. The molecule has 2 fully saturated rings. The molecule has 0 radical (unpaired) electrons. The highest BCUT2D eigenvalue weighted by atomic mass is 35.5. The van der Waals surface area contributed by atoms with Crippen molar-refractivity contribution < 1.29 is 4.79 Å². The molecule has 0 aliphatic carbocycles. The number of nitrogens with zero attached hydrogens (tertiary/aromatic N) is 4. The summed E-state index contributed by atoms with van der Waals surface area (Å²) in [6, 6.07) is 0.831. The van der Waals surface area contributed by atoms with E-state index in [2.05, 4.69) is 21.8 Å². The Balaban J connectivity index is 1.85. The van der Waals surface area contributed by atoms with Crippen LogP contribution in [-0.4, -0.2) is 57.2 Å². The first kappa shape index (κ1) is 15.8. The van der Waals surface area contributed by atoms with Crippen molar-refractivity contribution in [3.05, 3.63) is 16.4 Å². The summed E-state index contributed by atoms with van der Waals surface area (Å²) in [6.45, 7) is 7.13. The van der Waals surface area contributed by atoms with Crippen molar-refractivity contribution in [1.82, 2.24) is 19.6 Å². The first-order valence-corrected chi connectivity index (χ1v) is 8.66. The molecule has 1 amide bonds. The Labute approximate surface area is 137 Å². The van der Waals surface area contributed by atoms with Crippen molar-refractivity contribution in [2.45, 2.75) is 51.6 Å². The summed E-state index contributed by atoms with van der Waals surface area (Å²) in [6.07, 6.45) is 4.62. The van der Waals surface area contributed by atoms with E-state index in [-0.39, 0.29) is 5.91 Å². The highest BCUT2D eigenvalue weighted by molar-refractivity contribution is 6.33. The fourth-order valence-electron chi connectivity index (χ4n) is 4.14. The number of likely N-dealkylation sites (tertiary alicyclic amines) is 2. The number of hydrogen-bond donors (Lipinski definition) is 0. The van der Waals surface area contributed by atoms with Crippen LogP contribution in [-0.2, 0) is 7.05 Å². The zero-order valence-corrected chi connectivity index (χ0v) is 14.4. The third-order valence-corrected chi connectivity index (χ3v) is 5.62. The van der Waals surface area contributed by atoms with Gasteiger partial charge in [0.2, 0.25) is 0 Å². The van der Waals surface area contributed by atoms with Gasteiger partial charge in [-0.25, -0.2) is 0 Å². The van der Waals surface area contributed by atoms with Crippen LogP contribution >= 0.6 is 11.6 Å². The number of aryl methyl sites for hydroxylation is 2. The lowest BCUT2D eigenvalue weighted by molar-refractivity contribution is 0.0649. The van der Waals surface area contributed by atoms with Gasteiger partial charge in [0.15, 0.2) is 0 Å². The predicted octanol–water partition coefficient (Wildman–Crippen LogP) is 2.47. The molecule has 0 spiro atoms. The quantitative estimate of drug-likeness (QED) is 0.857. The van der Waals surface area contributed by atoms with Crippen molar-refractivity contribution in [3.63, 3.8) is 0 Å². The van der Waals surface area contributed by atoms with Crippen LogP contribution in [0.3, 0.4) is 0 Å². The molecule has 3 rings (SSSR count). The van der Waals surface area contributed by atoms with E-state index in [1.165, 1.54) is 12.8 Å². The maximum atomic E-state index is 13.0. The molecule has 22 heavy (non-hydrogen) atoms. The maximum Gasteiger partial charge on any atom is 0.259 e. The van der Waals surface area contributed by atoms with Crippen molar-refractivity contribution in [2.75, 3.05) is 19.6 Å². The summed E-state index contributed by atoms with van der Waals surface area (Å²) in [5.74, 6) is 0.0565. The lowest BCUT2D eigenvalue weighted by Crippen LogP contribution is -2.48. The van der Waals surface area contributed by atoms with Gasteiger partial charge in [-0.2, -0.15) is 5.10 Å². The molecule has 1 aromatic heterocycles. The number of amides is 1. The SMILES string of the molecule is CCN1CCC[C@H]1[C@@H]1CCCN1C(=O)c1c(C)nn(C)c1Cl. The number of hydrogen-bond acceptors (Lipinski definition) is 3. The predicted molar refractivity (Wildman–Crippen MR) is 87.3 cm³/mol. The summed E-state index contributed by atoms with van der Waals surface area (Å²) < 4.78 is 1.59. The second-order valence-corrected chi connectivity index (χ2v) is 6.78. The Morgan fingerprint density at radius 3 is 2.59 bits per heavy atom. The van der Waals surface area contributed by atoms with E-state index in [4.69, 9.17) is 11.6 Å². The van der Waals surface area contributed by atoms with Crippen LogP contribution in [0.15, 0.2) is 0 Å². The van der Waals surface area contributed by atoms with Gasteiger partial charge < -0.3 is 4.90 Å². The number of aromatic nitrogens is 2. The van der Waals surface area contributed by atoms with E-state index in [1.807, 2.05) is 6.92 Å². The van der Waals surface area contributed by atoms with Crippen LogP contribution in [0.25, 0.3) is 0 Å². The lowest BCUT2D eigenvalue weighted by atomic mass is 10.0. The molecule has 0 aromatic carbocycles. The Bertz CT molecular complexity index is 571. The monoisotopic (exact) mass is 324 g/mol. The fourth-order valence-corrected chi connectivity index (χ4v) is 4.40. The highest BCUT2D eigenvalue weighted by Gasteiger charge is 2.40. The van der Waals surface area contributed by atoms with Gasteiger partial charge in [-0.1, -0.05) is 18.5 Å². The van der Waals surface area contributed by atoms with Crippen LogP contribution < -0.4 is 0 Å². The molecule has 122 valence electrons. The highest BCUT2D eigenvalue weighted by Crippen LogP contribution is 2.32. The Hall–Kier alpha value is -1.07.